The van der Waals surface area contributed by atoms with Crippen LogP contribution in [0.5, 0.6) is 0 Å². The molecule has 0 bridgehead atoms. The fourth-order valence-electron chi connectivity index (χ4n) is 1.96. The maximum Gasteiger partial charge on any atom is 0.169 e. The fraction of sp³-hybridized carbons (Fsp3) is 0.143. The summed E-state index contributed by atoms with van der Waals surface area (Å²) in [5.74, 6) is 0.241. The molecule has 2 heterocycles. The number of thiophene rings is 1. The summed E-state index contributed by atoms with van der Waals surface area (Å²) in [6.07, 6.45) is 0. The molecule has 2 N–H and O–H groups in total. The molecule has 0 spiro atoms. The third kappa shape index (κ3) is 1.83. The van der Waals surface area contributed by atoms with Gasteiger partial charge < -0.3 is 10.2 Å². The van der Waals surface area contributed by atoms with Crippen molar-refractivity contribution in [2.45, 2.75) is 13.0 Å². The molecular formula is C14H12FNOS. The topological polar surface area (TPSA) is 39.2 Å². The van der Waals surface area contributed by atoms with Gasteiger partial charge >= 0.3 is 0 Å². The summed E-state index contributed by atoms with van der Waals surface area (Å²) in [5, 5.41) is 0.744. The van der Waals surface area contributed by atoms with Crippen molar-refractivity contribution in [1.82, 2.24) is 0 Å². The van der Waals surface area contributed by atoms with Crippen LogP contribution in [0.25, 0.3) is 11.0 Å². The van der Waals surface area contributed by atoms with Gasteiger partial charge in [-0.05, 0) is 31.2 Å². The predicted octanol–water partition coefficient (Wildman–Crippen LogP) is 3.99. The van der Waals surface area contributed by atoms with Crippen molar-refractivity contribution in [2.24, 2.45) is 5.73 Å². The first-order chi connectivity index (χ1) is 8.65. The standard InChI is InChI=1S/C14H12FNOS/c1-8-5-6-12(18-8)13(16)11-7-9-3-2-4-10(15)14(9)17-11/h2-7,13H,16H2,1H3. The van der Waals surface area contributed by atoms with E-state index in [1.807, 2.05) is 25.1 Å². The second-order valence-electron chi connectivity index (χ2n) is 4.23. The summed E-state index contributed by atoms with van der Waals surface area (Å²) >= 11 is 1.63. The molecule has 0 radical (unpaired) electrons. The van der Waals surface area contributed by atoms with Crippen molar-refractivity contribution in [1.29, 1.82) is 0 Å². The van der Waals surface area contributed by atoms with Gasteiger partial charge in [-0.25, -0.2) is 4.39 Å². The Labute approximate surface area is 108 Å². The van der Waals surface area contributed by atoms with Crippen LogP contribution in [0.4, 0.5) is 4.39 Å². The summed E-state index contributed by atoms with van der Waals surface area (Å²) in [6, 6.07) is 10.3. The van der Waals surface area contributed by atoms with Crippen LogP contribution in [0.2, 0.25) is 0 Å². The number of furan rings is 1. The summed E-state index contributed by atoms with van der Waals surface area (Å²) in [5.41, 5.74) is 6.41. The van der Waals surface area contributed by atoms with E-state index in [0.717, 1.165) is 10.3 Å². The molecule has 0 aliphatic carbocycles. The van der Waals surface area contributed by atoms with E-state index in [1.165, 1.54) is 10.9 Å². The average Bonchev–Trinajstić information content (AvgIpc) is 2.95. The Balaban J connectivity index is 2.06. The summed E-state index contributed by atoms with van der Waals surface area (Å²) < 4.78 is 19.1. The highest BCUT2D eigenvalue weighted by Crippen LogP contribution is 2.31. The van der Waals surface area contributed by atoms with E-state index in [0.29, 0.717) is 5.76 Å². The Morgan fingerprint density at radius 3 is 2.78 bits per heavy atom. The molecular weight excluding hydrogens is 249 g/mol. The van der Waals surface area contributed by atoms with Crippen molar-refractivity contribution in [3.63, 3.8) is 0 Å². The number of fused-ring (bicyclic) bond motifs is 1. The first-order valence-corrected chi connectivity index (χ1v) is 6.46. The van der Waals surface area contributed by atoms with Crippen molar-refractivity contribution >= 4 is 22.3 Å². The van der Waals surface area contributed by atoms with Crippen LogP contribution < -0.4 is 5.73 Å². The fourth-order valence-corrected chi connectivity index (χ4v) is 2.85. The molecule has 1 unspecified atom stereocenters. The lowest BCUT2D eigenvalue weighted by Crippen LogP contribution is -2.08. The molecule has 18 heavy (non-hydrogen) atoms. The summed E-state index contributed by atoms with van der Waals surface area (Å²) in [7, 11) is 0. The van der Waals surface area contributed by atoms with E-state index in [1.54, 1.807) is 23.5 Å². The highest BCUT2D eigenvalue weighted by Gasteiger charge is 2.17. The highest BCUT2D eigenvalue weighted by molar-refractivity contribution is 7.12. The average molecular weight is 261 g/mol. The van der Waals surface area contributed by atoms with Crippen LogP contribution in [-0.4, -0.2) is 0 Å². The monoisotopic (exact) mass is 261 g/mol. The lowest BCUT2D eigenvalue weighted by Gasteiger charge is -2.04. The summed E-state index contributed by atoms with van der Waals surface area (Å²) in [6.45, 7) is 2.03. The molecule has 0 saturated carbocycles. The molecule has 1 atom stereocenters. The quantitative estimate of drug-likeness (QED) is 0.757. The van der Waals surface area contributed by atoms with Gasteiger partial charge in [-0.3, -0.25) is 0 Å². The van der Waals surface area contributed by atoms with Crippen molar-refractivity contribution in [2.75, 3.05) is 0 Å². The lowest BCUT2D eigenvalue weighted by molar-refractivity contribution is 0.504. The molecule has 4 heteroatoms. The van der Waals surface area contributed by atoms with Crippen LogP contribution in [0, 0.1) is 12.7 Å². The molecule has 2 nitrogen and oxygen atoms in total. The molecule has 2 aromatic heterocycles. The first kappa shape index (κ1) is 11.4. The third-order valence-electron chi connectivity index (χ3n) is 2.89. The smallest absolute Gasteiger partial charge is 0.169 e. The predicted molar refractivity (Wildman–Crippen MR) is 71.3 cm³/mol. The Morgan fingerprint density at radius 1 is 1.28 bits per heavy atom. The Hall–Kier alpha value is -1.65. The Bertz CT molecular complexity index is 701. The molecule has 0 fully saturated rings. The van der Waals surface area contributed by atoms with Crippen LogP contribution >= 0.6 is 11.3 Å². The molecule has 0 aliphatic rings. The molecule has 0 amide bonds. The number of benzene rings is 1. The SMILES string of the molecule is Cc1ccc(C(N)c2cc3cccc(F)c3o2)s1. The zero-order valence-electron chi connectivity index (χ0n) is 9.81. The number of halogens is 1. The second kappa shape index (κ2) is 4.23. The molecule has 0 aliphatic heterocycles. The Kier molecular flexibility index (Phi) is 2.69. The van der Waals surface area contributed by atoms with Gasteiger partial charge in [-0.1, -0.05) is 12.1 Å². The maximum absolute atomic E-state index is 13.5. The second-order valence-corrected chi connectivity index (χ2v) is 5.55. The zero-order valence-corrected chi connectivity index (χ0v) is 10.6. The number of para-hydroxylation sites is 1. The van der Waals surface area contributed by atoms with Gasteiger partial charge in [0.2, 0.25) is 0 Å². The van der Waals surface area contributed by atoms with E-state index >= 15 is 0 Å². The summed E-state index contributed by atoms with van der Waals surface area (Å²) in [4.78, 5) is 2.22. The molecule has 0 saturated heterocycles. The number of nitrogens with two attached hydrogens (primary N) is 1. The van der Waals surface area contributed by atoms with Crippen LogP contribution in [0.3, 0.4) is 0 Å². The molecule has 3 rings (SSSR count). The molecule has 1 aromatic carbocycles. The van der Waals surface area contributed by atoms with Gasteiger partial charge in [0.1, 0.15) is 5.76 Å². The van der Waals surface area contributed by atoms with Crippen LogP contribution in [-0.2, 0) is 0 Å². The van der Waals surface area contributed by atoms with E-state index in [2.05, 4.69) is 0 Å². The normalized spacial score (nSPS) is 13.1. The number of hydrogen-bond donors (Lipinski definition) is 1. The van der Waals surface area contributed by atoms with Gasteiger partial charge in [-0.2, -0.15) is 0 Å². The minimum Gasteiger partial charge on any atom is -0.456 e. The van der Waals surface area contributed by atoms with Gasteiger partial charge in [0.25, 0.3) is 0 Å². The first-order valence-electron chi connectivity index (χ1n) is 5.65. The lowest BCUT2D eigenvalue weighted by atomic mass is 10.2. The number of hydrogen-bond acceptors (Lipinski definition) is 3. The highest BCUT2D eigenvalue weighted by atomic mass is 32.1. The minimum atomic E-state index is -0.353. The van der Waals surface area contributed by atoms with E-state index < -0.39 is 0 Å². The van der Waals surface area contributed by atoms with Crippen molar-refractivity contribution in [3.8, 4) is 0 Å². The minimum absolute atomic E-state index is 0.274. The van der Waals surface area contributed by atoms with Crippen LogP contribution in [0.1, 0.15) is 21.6 Å². The maximum atomic E-state index is 13.5. The van der Waals surface area contributed by atoms with Gasteiger partial charge in [0, 0.05) is 15.1 Å². The van der Waals surface area contributed by atoms with E-state index in [9.17, 15) is 4.39 Å². The van der Waals surface area contributed by atoms with Crippen molar-refractivity contribution in [3.05, 3.63) is 57.7 Å². The third-order valence-corrected chi connectivity index (χ3v) is 3.97. The molecule has 3 aromatic rings. The van der Waals surface area contributed by atoms with Crippen LogP contribution in [0.15, 0.2) is 40.8 Å². The number of rotatable bonds is 2. The number of aryl methyl sites for hydroxylation is 1. The van der Waals surface area contributed by atoms with E-state index in [4.69, 9.17) is 10.2 Å². The van der Waals surface area contributed by atoms with Gasteiger partial charge in [0.15, 0.2) is 11.4 Å². The van der Waals surface area contributed by atoms with Crippen molar-refractivity contribution < 1.29 is 8.81 Å². The molecule has 92 valence electrons. The van der Waals surface area contributed by atoms with Gasteiger partial charge in [0.05, 0.1) is 6.04 Å². The van der Waals surface area contributed by atoms with Gasteiger partial charge in [-0.15, -0.1) is 11.3 Å². The largest absolute Gasteiger partial charge is 0.456 e. The van der Waals surface area contributed by atoms with E-state index in [-0.39, 0.29) is 17.4 Å². The zero-order chi connectivity index (χ0) is 12.7. The Morgan fingerprint density at radius 2 is 2.11 bits per heavy atom.